The molecule has 8 heteroatoms. The van der Waals surface area contributed by atoms with E-state index < -0.39 is 17.3 Å². The Morgan fingerprint density at radius 2 is 1.90 bits per heavy atom. The van der Waals surface area contributed by atoms with Crippen LogP contribution in [-0.2, 0) is 4.79 Å². The largest absolute Gasteiger partial charge is 0.391 e. The van der Waals surface area contributed by atoms with Crippen molar-refractivity contribution in [2.75, 3.05) is 18.0 Å². The van der Waals surface area contributed by atoms with Crippen LogP contribution in [0.15, 0.2) is 35.4 Å². The van der Waals surface area contributed by atoms with E-state index in [1.807, 2.05) is 35.2 Å². The molecule has 1 aliphatic carbocycles. The topological polar surface area (TPSA) is 127 Å². The van der Waals surface area contributed by atoms with E-state index in [9.17, 15) is 20.4 Å². The number of rotatable bonds is 6. The molecule has 2 heterocycles. The lowest BCUT2D eigenvalue weighted by atomic mass is 9.99. The fourth-order valence-electron chi connectivity index (χ4n) is 4.06. The Hall–Kier alpha value is -3.07. The predicted octanol–water partition coefficient (Wildman–Crippen LogP) is 2.98. The molecule has 1 aromatic carbocycles. The minimum atomic E-state index is -0.708. The van der Waals surface area contributed by atoms with Crippen molar-refractivity contribution in [1.29, 1.82) is 10.5 Å². The molecule has 1 amide bonds. The molecule has 0 radical (unpaired) electrons. The molecule has 2 aromatic rings. The Balaban J connectivity index is 1.84. The van der Waals surface area contributed by atoms with E-state index in [2.05, 4.69) is 12.1 Å². The van der Waals surface area contributed by atoms with Gasteiger partial charge in [-0.15, -0.1) is 0 Å². The average molecular weight is 434 g/mol. The number of carbonyl (C=O) groups excluding carboxylic acids is 1. The van der Waals surface area contributed by atoms with Crippen LogP contribution in [0.5, 0.6) is 0 Å². The molecular weight excluding hydrogens is 410 g/mol. The zero-order valence-electron chi connectivity index (χ0n) is 17.0. The molecule has 2 fully saturated rings. The van der Waals surface area contributed by atoms with Gasteiger partial charge in [0.2, 0.25) is 5.91 Å². The number of piperidine rings is 1. The van der Waals surface area contributed by atoms with Gasteiger partial charge < -0.3 is 15.7 Å². The van der Waals surface area contributed by atoms with Crippen molar-refractivity contribution in [2.45, 2.75) is 48.0 Å². The Bertz CT molecular complexity index is 1070. The highest BCUT2D eigenvalue weighted by atomic mass is 32.2. The van der Waals surface area contributed by atoms with Gasteiger partial charge in [0.25, 0.3) is 0 Å². The summed E-state index contributed by atoms with van der Waals surface area (Å²) >= 11 is 1.15. The fourth-order valence-corrected chi connectivity index (χ4v) is 5.10. The summed E-state index contributed by atoms with van der Waals surface area (Å²) in [5.74, 6) is 0.110. The van der Waals surface area contributed by atoms with Crippen molar-refractivity contribution in [3.05, 3.63) is 52.6 Å². The van der Waals surface area contributed by atoms with Crippen LogP contribution in [0.3, 0.4) is 0 Å². The first-order chi connectivity index (χ1) is 15.0. The number of nitrogens with two attached hydrogens (primary N) is 1. The number of primary amides is 1. The highest BCUT2D eigenvalue weighted by Crippen LogP contribution is 2.48. The van der Waals surface area contributed by atoms with E-state index in [0.717, 1.165) is 36.6 Å². The molecule has 1 aromatic heterocycles. The molecule has 0 bridgehead atoms. The number of nitriles is 2. The summed E-state index contributed by atoms with van der Waals surface area (Å²) in [5, 5.41) is 29.8. The van der Waals surface area contributed by atoms with Crippen molar-refractivity contribution in [1.82, 2.24) is 4.98 Å². The quantitative estimate of drug-likeness (QED) is 0.670. The van der Waals surface area contributed by atoms with Gasteiger partial charge in [-0.25, -0.2) is 4.98 Å². The van der Waals surface area contributed by atoms with Crippen LogP contribution in [0, 0.1) is 22.7 Å². The van der Waals surface area contributed by atoms with Gasteiger partial charge in [-0.2, -0.15) is 10.5 Å². The van der Waals surface area contributed by atoms with Gasteiger partial charge >= 0.3 is 0 Å². The minimum Gasteiger partial charge on any atom is -0.391 e. The van der Waals surface area contributed by atoms with Crippen LogP contribution in [0.2, 0.25) is 0 Å². The summed E-state index contributed by atoms with van der Waals surface area (Å²) < 4.78 is 0. The molecule has 1 unspecified atom stereocenters. The van der Waals surface area contributed by atoms with Crippen LogP contribution in [0.25, 0.3) is 0 Å². The lowest BCUT2D eigenvalue weighted by Gasteiger charge is -2.32. The number of benzene rings is 1. The smallest absolute Gasteiger partial charge is 0.235 e. The van der Waals surface area contributed by atoms with Crippen molar-refractivity contribution in [3.63, 3.8) is 0 Å². The van der Waals surface area contributed by atoms with Gasteiger partial charge in [-0.1, -0.05) is 42.1 Å². The molecule has 158 valence electrons. The summed E-state index contributed by atoms with van der Waals surface area (Å²) in [6, 6.07) is 13.7. The summed E-state index contributed by atoms with van der Waals surface area (Å²) in [7, 11) is 0. The monoisotopic (exact) mass is 433 g/mol. The number of carbonyl (C=O) groups is 1. The fraction of sp³-hybridized carbons (Fsp3) is 0.391. The van der Waals surface area contributed by atoms with Crippen LogP contribution < -0.4 is 10.6 Å². The van der Waals surface area contributed by atoms with Gasteiger partial charge in [-0.3, -0.25) is 4.79 Å². The Morgan fingerprint density at radius 1 is 1.19 bits per heavy atom. The van der Waals surface area contributed by atoms with Crippen LogP contribution in [-0.4, -0.2) is 35.2 Å². The summed E-state index contributed by atoms with van der Waals surface area (Å²) in [5.41, 5.74) is 7.92. The first-order valence-corrected chi connectivity index (χ1v) is 11.2. The number of aliphatic hydroxyl groups excluding tert-OH is 1. The van der Waals surface area contributed by atoms with E-state index in [1.54, 1.807) is 0 Å². The van der Waals surface area contributed by atoms with Crippen LogP contribution >= 0.6 is 11.8 Å². The highest BCUT2D eigenvalue weighted by molar-refractivity contribution is 8.00. The Kier molecular flexibility index (Phi) is 6.13. The Labute approximate surface area is 185 Å². The number of aliphatic hydroxyl groups is 1. The van der Waals surface area contributed by atoms with Gasteiger partial charge in [-0.05, 0) is 42.7 Å². The van der Waals surface area contributed by atoms with E-state index in [4.69, 9.17) is 10.7 Å². The van der Waals surface area contributed by atoms with Crippen LogP contribution in [0.1, 0.15) is 59.1 Å². The lowest BCUT2D eigenvalue weighted by molar-refractivity contribution is -0.117. The third-order valence-corrected chi connectivity index (χ3v) is 6.94. The number of nitrogens with zero attached hydrogens (tertiary/aromatic N) is 4. The number of anilines is 1. The number of β-amino-alcohol motifs (C(OH)–C–C–N with tert-alkyl or cyclic N) is 1. The summed E-state index contributed by atoms with van der Waals surface area (Å²) in [6.07, 6.45) is 2.85. The molecule has 1 saturated carbocycles. The first-order valence-electron chi connectivity index (χ1n) is 10.4. The number of aromatic nitrogens is 1. The first kappa shape index (κ1) is 21.2. The maximum atomic E-state index is 12.3. The number of thioether (sulfide) groups is 1. The SMILES string of the molecule is N#Cc1c(SC(C(N)=O)c2ccccc2)nc(N2CCC[C@@H](O)C2)c(C#N)c1C1CC1. The van der Waals surface area contributed by atoms with E-state index >= 15 is 0 Å². The van der Waals surface area contributed by atoms with Crippen molar-refractivity contribution >= 4 is 23.5 Å². The highest BCUT2D eigenvalue weighted by Gasteiger charge is 2.35. The van der Waals surface area contributed by atoms with Gasteiger partial charge in [0.1, 0.15) is 28.2 Å². The van der Waals surface area contributed by atoms with E-state index in [1.165, 1.54) is 0 Å². The lowest BCUT2D eigenvalue weighted by Crippen LogP contribution is -2.39. The number of hydrogen-bond donors (Lipinski definition) is 2. The zero-order valence-corrected chi connectivity index (χ0v) is 17.8. The molecule has 3 N–H and O–H groups in total. The molecule has 31 heavy (non-hydrogen) atoms. The molecule has 1 saturated heterocycles. The standard InChI is InChI=1S/C23H23N5O2S/c24-11-17-19(14-8-9-14)18(12-25)23(27-22(17)28-10-4-7-16(29)13-28)31-20(21(26)30)15-5-2-1-3-6-15/h1-3,5-6,14,16,20,29H,4,7-10,13H2,(H2,26,30)/t16-,20?/m1/s1. The third-order valence-electron chi connectivity index (χ3n) is 5.68. The molecule has 2 aliphatic rings. The van der Waals surface area contributed by atoms with Gasteiger partial charge in [0.05, 0.1) is 17.2 Å². The molecular formula is C23H23N5O2S. The molecule has 7 nitrogen and oxygen atoms in total. The number of hydrogen-bond acceptors (Lipinski definition) is 7. The van der Waals surface area contributed by atoms with Crippen molar-refractivity contribution in [3.8, 4) is 12.1 Å². The Morgan fingerprint density at radius 3 is 2.48 bits per heavy atom. The third kappa shape index (κ3) is 4.36. The minimum absolute atomic E-state index is 0.142. The second-order valence-electron chi connectivity index (χ2n) is 7.96. The normalized spacial score (nSPS) is 19.3. The second-order valence-corrected chi connectivity index (χ2v) is 9.05. The summed E-state index contributed by atoms with van der Waals surface area (Å²) in [4.78, 5) is 18.9. The van der Waals surface area contributed by atoms with Gasteiger partial charge in [0.15, 0.2) is 0 Å². The second kappa shape index (κ2) is 8.97. The zero-order chi connectivity index (χ0) is 22.0. The van der Waals surface area contributed by atoms with Crippen LogP contribution in [0.4, 0.5) is 5.82 Å². The van der Waals surface area contributed by atoms with Crippen molar-refractivity contribution in [2.24, 2.45) is 5.73 Å². The number of amides is 1. The predicted molar refractivity (Wildman–Crippen MR) is 117 cm³/mol. The average Bonchev–Trinajstić information content (AvgIpc) is 3.62. The van der Waals surface area contributed by atoms with Gasteiger partial charge in [0, 0.05) is 13.1 Å². The van der Waals surface area contributed by atoms with E-state index in [0.29, 0.717) is 47.0 Å². The maximum absolute atomic E-state index is 12.3. The van der Waals surface area contributed by atoms with Crippen molar-refractivity contribution < 1.29 is 9.90 Å². The maximum Gasteiger partial charge on any atom is 0.235 e. The molecule has 1 aliphatic heterocycles. The van der Waals surface area contributed by atoms with E-state index in [-0.39, 0.29) is 5.92 Å². The molecule has 2 atom stereocenters. The summed E-state index contributed by atoms with van der Waals surface area (Å²) in [6.45, 7) is 1.07. The molecule has 0 spiro atoms. The molecule has 4 rings (SSSR count). The number of pyridine rings is 1.